The van der Waals surface area contributed by atoms with Crippen LogP contribution in [0.3, 0.4) is 0 Å². The first-order valence-corrected chi connectivity index (χ1v) is 9.97. The maximum atomic E-state index is 13.3. The van der Waals surface area contributed by atoms with Crippen LogP contribution in [0, 0.1) is 6.92 Å². The van der Waals surface area contributed by atoms with Crippen LogP contribution in [0.25, 0.3) is 0 Å². The monoisotopic (exact) mass is 339 g/mol. The van der Waals surface area contributed by atoms with Gasteiger partial charge < -0.3 is 4.74 Å². The number of sulfonamides is 1. The van der Waals surface area contributed by atoms with Crippen LogP contribution in [-0.2, 0) is 10.0 Å². The minimum absolute atomic E-state index is 0.0993. The third kappa shape index (κ3) is 3.56. The Morgan fingerprint density at radius 1 is 1.30 bits per heavy atom. The number of benzene rings is 1. The van der Waals surface area contributed by atoms with Gasteiger partial charge in [-0.3, -0.25) is 0 Å². The molecule has 1 unspecified atom stereocenters. The van der Waals surface area contributed by atoms with Crippen LogP contribution in [0.2, 0.25) is 0 Å². The van der Waals surface area contributed by atoms with Crippen molar-refractivity contribution in [2.75, 3.05) is 13.7 Å². The normalized spacial score (nSPS) is 20.0. The van der Waals surface area contributed by atoms with E-state index in [4.69, 9.17) is 4.74 Å². The molecule has 0 radical (unpaired) electrons. The zero-order valence-corrected chi connectivity index (χ0v) is 15.7. The highest BCUT2D eigenvalue weighted by molar-refractivity contribution is 7.89. The summed E-state index contributed by atoms with van der Waals surface area (Å²) in [5, 5.41) is 0. The van der Waals surface area contributed by atoms with E-state index in [0.29, 0.717) is 17.2 Å². The Hall–Kier alpha value is -1.07. The number of hydrogen-bond donors (Lipinski definition) is 0. The summed E-state index contributed by atoms with van der Waals surface area (Å²) in [5.74, 6) is 0.727. The molecule has 0 amide bonds. The molecule has 1 aliphatic heterocycles. The van der Waals surface area contributed by atoms with Crippen molar-refractivity contribution >= 4 is 10.0 Å². The molecule has 23 heavy (non-hydrogen) atoms. The molecule has 1 heterocycles. The lowest BCUT2D eigenvalue weighted by Gasteiger charge is -2.34. The maximum Gasteiger partial charge on any atom is 0.247 e. The SMILES string of the molecule is CCC1CCCCN1S(=O)(=O)c1cc(C(C)C)c(C)cc1OC. The van der Waals surface area contributed by atoms with Crippen molar-refractivity contribution in [1.82, 2.24) is 4.31 Å². The van der Waals surface area contributed by atoms with Gasteiger partial charge >= 0.3 is 0 Å². The van der Waals surface area contributed by atoms with Crippen molar-refractivity contribution < 1.29 is 13.2 Å². The second-order valence-corrected chi connectivity index (χ2v) is 8.55. The topological polar surface area (TPSA) is 46.6 Å². The fourth-order valence-corrected chi connectivity index (χ4v) is 5.43. The molecule has 0 N–H and O–H groups in total. The third-order valence-electron chi connectivity index (χ3n) is 4.81. The van der Waals surface area contributed by atoms with E-state index in [1.165, 1.54) is 7.11 Å². The van der Waals surface area contributed by atoms with Gasteiger partial charge in [-0.05, 0) is 55.4 Å². The molecule has 1 fully saturated rings. The highest BCUT2D eigenvalue weighted by Gasteiger charge is 2.34. The quantitative estimate of drug-likeness (QED) is 0.812. The number of piperidine rings is 1. The largest absolute Gasteiger partial charge is 0.495 e. The number of ether oxygens (including phenoxy) is 1. The van der Waals surface area contributed by atoms with Crippen molar-refractivity contribution in [2.45, 2.75) is 70.2 Å². The highest BCUT2D eigenvalue weighted by atomic mass is 32.2. The van der Waals surface area contributed by atoms with Gasteiger partial charge in [0.2, 0.25) is 10.0 Å². The predicted molar refractivity (Wildman–Crippen MR) is 93.6 cm³/mol. The summed E-state index contributed by atoms with van der Waals surface area (Å²) < 4.78 is 33.6. The zero-order chi connectivity index (χ0) is 17.2. The third-order valence-corrected chi connectivity index (χ3v) is 6.78. The molecule has 4 nitrogen and oxygen atoms in total. The number of aryl methyl sites for hydroxylation is 1. The fraction of sp³-hybridized carbons (Fsp3) is 0.667. The van der Waals surface area contributed by atoms with Crippen LogP contribution in [-0.4, -0.2) is 32.4 Å². The summed E-state index contributed by atoms with van der Waals surface area (Å²) >= 11 is 0. The van der Waals surface area contributed by atoms with E-state index in [1.807, 2.05) is 19.1 Å². The molecular weight excluding hydrogens is 310 g/mol. The van der Waals surface area contributed by atoms with Crippen molar-refractivity contribution in [2.24, 2.45) is 0 Å². The maximum absolute atomic E-state index is 13.3. The van der Waals surface area contributed by atoms with E-state index < -0.39 is 10.0 Å². The predicted octanol–water partition coefficient (Wildman–Crippen LogP) is 4.08. The summed E-state index contributed by atoms with van der Waals surface area (Å²) in [5.41, 5.74) is 2.14. The number of rotatable bonds is 5. The standard InChI is InChI=1S/C18H29NO3S/c1-6-15-9-7-8-10-19(15)23(20,21)18-12-16(13(2)3)14(4)11-17(18)22-5/h11-13,15H,6-10H2,1-5H3. The smallest absolute Gasteiger partial charge is 0.247 e. The Morgan fingerprint density at radius 3 is 2.57 bits per heavy atom. The lowest BCUT2D eigenvalue weighted by molar-refractivity contribution is 0.246. The van der Waals surface area contributed by atoms with Gasteiger partial charge in [0.15, 0.2) is 0 Å². The van der Waals surface area contributed by atoms with Crippen molar-refractivity contribution in [3.63, 3.8) is 0 Å². The zero-order valence-electron chi connectivity index (χ0n) is 14.9. The van der Waals surface area contributed by atoms with E-state index in [9.17, 15) is 8.42 Å². The molecule has 2 rings (SSSR count). The molecule has 1 aliphatic rings. The molecule has 1 saturated heterocycles. The molecule has 1 atom stereocenters. The number of nitrogens with zero attached hydrogens (tertiary/aromatic N) is 1. The first kappa shape index (κ1) is 18.3. The van der Waals surface area contributed by atoms with E-state index in [-0.39, 0.29) is 12.0 Å². The summed E-state index contributed by atoms with van der Waals surface area (Å²) in [4.78, 5) is 0.314. The van der Waals surface area contributed by atoms with E-state index in [0.717, 1.165) is 36.8 Å². The molecule has 0 aliphatic carbocycles. The minimum Gasteiger partial charge on any atom is -0.495 e. The molecule has 0 saturated carbocycles. The van der Waals surface area contributed by atoms with Crippen LogP contribution in [0.5, 0.6) is 5.75 Å². The van der Waals surface area contributed by atoms with Gasteiger partial charge in [0.1, 0.15) is 10.6 Å². The number of methoxy groups -OCH3 is 1. The molecule has 5 heteroatoms. The van der Waals surface area contributed by atoms with Crippen molar-refractivity contribution in [3.8, 4) is 5.75 Å². The minimum atomic E-state index is -3.53. The van der Waals surface area contributed by atoms with E-state index in [2.05, 4.69) is 20.8 Å². The van der Waals surface area contributed by atoms with Gasteiger partial charge in [-0.15, -0.1) is 0 Å². The van der Waals surface area contributed by atoms with Gasteiger partial charge in [-0.25, -0.2) is 8.42 Å². The molecule has 1 aromatic carbocycles. The second kappa shape index (κ2) is 7.22. The van der Waals surface area contributed by atoms with Gasteiger partial charge in [0.25, 0.3) is 0 Å². The molecule has 130 valence electrons. The number of hydrogen-bond acceptors (Lipinski definition) is 3. The van der Waals surface area contributed by atoms with E-state index in [1.54, 1.807) is 4.31 Å². The Balaban J connectivity index is 2.55. The van der Waals surface area contributed by atoms with Crippen LogP contribution in [0.15, 0.2) is 17.0 Å². The van der Waals surface area contributed by atoms with Crippen molar-refractivity contribution in [3.05, 3.63) is 23.3 Å². The van der Waals surface area contributed by atoms with Crippen LogP contribution in [0.1, 0.15) is 63.5 Å². The molecule has 0 spiro atoms. The molecule has 0 aromatic heterocycles. The van der Waals surface area contributed by atoms with Gasteiger partial charge in [0, 0.05) is 12.6 Å². The lowest BCUT2D eigenvalue weighted by Crippen LogP contribution is -2.43. The van der Waals surface area contributed by atoms with Crippen molar-refractivity contribution in [1.29, 1.82) is 0 Å². The second-order valence-electron chi connectivity index (χ2n) is 6.69. The Labute approximate surface area is 140 Å². The van der Waals surface area contributed by atoms with Gasteiger partial charge in [-0.1, -0.05) is 27.2 Å². The summed E-state index contributed by atoms with van der Waals surface area (Å²) in [6, 6.07) is 3.77. The first-order chi connectivity index (χ1) is 10.8. The Kier molecular flexibility index (Phi) is 5.74. The summed E-state index contributed by atoms with van der Waals surface area (Å²) in [7, 11) is -1.99. The molecule has 0 bridgehead atoms. The summed E-state index contributed by atoms with van der Waals surface area (Å²) in [6.45, 7) is 8.84. The molecule has 1 aromatic rings. The van der Waals surface area contributed by atoms with Gasteiger partial charge in [0.05, 0.1) is 7.11 Å². The lowest BCUT2D eigenvalue weighted by atomic mass is 9.98. The van der Waals surface area contributed by atoms with Crippen LogP contribution >= 0.6 is 0 Å². The van der Waals surface area contributed by atoms with E-state index >= 15 is 0 Å². The Bertz CT molecular complexity index is 652. The average molecular weight is 340 g/mol. The highest BCUT2D eigenvalue weighted by Crippen LogP contribution is 2.35. The average Bonchev–Trinajstić information content (AvgIpc) is 2.53. The van der Waals surface area contributed by atoms with Crippen LogP contribution < -0.4 is 4.74 Å². The Morgan fingerprint density at radius 2 is 2.00 bits per heavy atom. The molecular formula is C18H29NO3S. The van der Waals surface area contributed by atoms with Crippen LogP contribution in [0.4, 0.5) is 0 Å². The first-order valence-electron chi connectivity index (χ1n) is 8.53. The van der Waals surface area contributed by atoms with Gasteiger partial charge in [-0.2, -0.15) is 4.31 Å². The summed E-state index contributed by atoms with van der Waals surface area (Å²) in [6.07, 6.45) is 3.83. The fourth-order valence-electron chi connectivity index (χ4n) is 3.49.